The minimum Gasteiger partial charge on any atom is -0.370 e. The molecular weight excluding hydrogens is 246 g/mol. The van der Waals surface area contributed by atoms with Crippen molar-refractivity contribution >= 4 is 22.2 Å². The summed E-state index contributed by atoms with van der Waals surface area (Å²) < 4.78 is 4.93. The third kappa shape index (κ3) is 5.38. The quantitative estimate of drug-likeness (QED) is 0.395. The average Bonchev–Trinajstić information content (AvgIpc) is 2.71. The zero-order valence-corrected chi connectivity index (χ0v) is 9.87. The lowest BCUT2D eigenvalue weighted by atomic mass is 10.4. The summed E-state index contributed by atoms with van der Waals surface area (Å²) in [6.45, 7) is 1.37. The molecule has 0 aromatic carbocycles. The molecule has 0 saturated heterocycles. The number of nitrogens with zero attached hydrogens (tertiary/aromatic N) is 1. The number of nitrogens with one attached hydrogen (secondary N) is 1. The van der Waals surface area contributed by atoms with Crippen LogP contribution in [0.3, 0.4) is 0 Å². The Morgan fingerprint density at radius 3 is 2.94 bits per heavy atom. The van der Waals surface area contributed by atoms with Gasteiger partial charge in [0.1, 0.15) is 6.61 Å². The van der Waals surface area contributed by atoms with E-state index in [9.17, 15) is 14.9 Å². The van der Waals surface area contributed by atoms with Gasteiger partial charge in [-0.1, -0.05) is 11.3 Å². The Morgan fingerprint density at radius 1 is 1.59 bits per heavy atom. The summed E-state index contributed by atoms with van der Waals surface area (Å²) >= 11 is 1.13. The molecular formula is C9H13N3O4S. The number of hydrogen-bond donors (Lipinski definition) is 2. The van der Waals surface area contributed by atoms with E-state index in [2.05, 4.69) is 5.32 Å². The fourth-order valence-corrected chi connectivity index (χ4v) is 1.88. The van der Waals surface area contributed by atoms with Crippen molar-refractivity contribution in [2.24, 2.45) is 5.73 Å². The molecule has 8 heteroatoms. The molecule has 17 heavy (non-hydrogen) atoms. The number of ether oxygens (including phenoxy) is 1. The topological polar surface area (TPSA) is 107 Å². The summed E-state index contributed by atoms with van der Waals surface area (Å²) in [6, 6.07) is 3.19. The molecule has 0 spiro atoms. The van der Waals surface area contributed by atoms with Crippen molar-refractivity contribution in [1.29, 1.82) is 0 Å². The summed E-state index contributed by atoms with van der Waals surface area (Å²) in [5.41, 5.74) is 4.88. The molecule has 1 aromatic rings. The van der Waals surface area contributed by atoms with E-state index < -0.39 is 10.8 Å². The van der Waals surface area contributed by atoms with Crippen LogP contribution in [-0.4, -0.2) is 30.6 Å². The molecule has 0 atom stereocenters. The van der Waals surface area contributed by atoms with E-state index in [0.29, 0.717) is 19.7 Å². The number of amides is 1. The number of primary amides is 1. The molecule has 0 aliphatic rings. The average molecular weight is 259 g/mol. The Kier molecular flexibility index (Phi) is 5.53. The molecule has 1 heterocycles. The lowest BCUT2D eigenvalue weighted by Gasteiger charge is -2.02. The second-order valence-corrected chi connectivity index (χ2v) is 4.34. The van der Waals surface area contributed by atoms with Crippen LogP contribution in [0.1, 0.15) is 4.88 Å². The molecule has 1 aromatic heterocycles. The van der Waals surface area contributed by atoms with Crippen LogP contribution in [0.25, 0.3) is 0 Å². The fraction of sp³-hybridized carbons (Fsp3) is 0.444. The first-order chi connectivity index (χ1) is 8.09. The highest BCUT2D eigenvalue weighted by atomic mass is 32.1. The fourth-order valence-electron chi connectivity index (χ4n) is 1.09. The molecule has 7 nitrogen and oxygen atoms in total. The maximum atomic E-state index is 10.4. The SMILES string of the molecule is NC(=O)COCCNCc1ccc([N+](=O)[O-])s1. The Labute approximate surface area is 102 Å². The molecule has 0 saturated carbocycles. The van der Waals surface area contributed by atoms with Crippen LogP contribution in [0.4, 0.5) is 5.00 Å². The lowest BCUT2D eigenvalue weighted by molar-refractivity contribution is -0.380. The first-order valence-corrected chi connectivity index (χ1v) is 5.71. The number of carbonyl (C=O) groups excluding carboxylic acids is 1. The van der Waals surface area contributed by atoms with Gasteiger partial charge in [-0.25, -0.2) is 0 Å². The molecule has 1 amide bonds. The molecule has 1 rings (SSSR count). The summed E-state index contributed by atoms with van der Waals surface area (Å²) in [4.78, 5) is 21.2. The third-order valence-electron chi connectivity index (χ3n) is 1.79. The van der Waals surface area contributed by atoms with E-state index in [-0.39, 0.29) is 11.6 Å². The van der Waals surface area contributed by atoms with Crippen LogP contribution < -0.4 is 11.1 Å². The second kappa shape index (κ2) is 6.94. The van der Waals surface area contributed by atoms with Gasteiger partial charge in [0.15, 0.2) is 0 Å². The molecule has 0 fully saturated rings. The smallest absolute Gasteiger partial charge is 0.324 e. The van der Waals surface area contributed by atoms with E-state index in [4.69, 9.17) is 10.5 Å². The summed E-state index contributed by atoms with van der Waals surface area (Å²) in [5.74, 6) is -0.501. The van der Waals surface area contributed by atoms with Crippen molar-refractivity contribution in [3.63, 3.8) is 0 Å². The van der Waals surface area contributed by atoms with Crippen molar-refractivity contribution in [3.05, 3.63) is 27.1 Å². The van der Waals surface area contributed by atoms with Gasteiger partial charge in [0.05, 0.1) is 11.5 Å². The van der Waals surface area contributed by atoms with Gasteiger partial charge in [-0.05, 0) is 6.07 Å². The molecule has 0 aliphatic carbocycles. The lowest BCUT2D eigenvalue weighted by Crippen LogP contribution is -2.23. The monoisotopic (exact) mass is 259 g/mol. The van der Waals surface area contributed by atoms with Crippen molar-refractivity contribution < 1.29 is 14.5 Å². The Bertz CT molecular complexity index is 393. The van der Waals surface area contributed by atoms with Crippen molar-refractivity contribution in [3.8, 4) is 0 Å². The van der Waals surface area contributed by atoms with Crippen LogP contribution in [0, 0.1) is 10.1 Å². The van der Waals surface area contributed by atoms with Crippen LogP contribution in [0.15, 0.2) is 12.1 Å². The van der Waals surface area contributed by atoms with Gasteiger partial charge in [0.2, 0.25) is 5.91 Å². The molecule has 0 aliphatic heterocycles. The zero-order valence-electron chi connectivity index (χ0n) is 9.05. The maximum Gasteiger partial charge on any atom is 0.324 e. The second-order valence-electron chi connectivity index (χ2n) is 3.19. The number of rotatable bonds is 8. The van der Waals surface area contributed by atoms with Crippen molar-refractivity contribution in [1.82, 2.24) is 5.32 Å². The van der Waals surface area contributed by atoms with Crippen LogP contribution >= 0.6 is 11.3 Å². The Balaban J connectivity index is 2.13. The number of nitrogens with two attached hydrogens (primary N) is 1. The highest BCUT2D eigenvalue weighted by Gasteiger charge is 2.08. The minimum absolute atomic E-state index is 0.0911. The zero-order chi connectivity index (χ0) is 12.7. The number of thiophene rings is 1. The predicted octanol–water partition coefficient (Wildman–Crippen LogP) is 0.248. The Morgan fingerprint density at radius 2 is 2.35 bits per heavy atom. The van der Waals surface area contributed by atoms with E-state index in [1.165, 1.54) is 6.07 Å². The third-order valence-corrected chi connectivity index (χ3v) is 2.83. The summed E-state index contributed by atoms with van der Waals surface area (Å²) in [7, 11) is 0. The number of carbonyl (C=O) groups is 1. The molecule has 3 N–H and O–H groups in total. The van der Waals surface area contributed by atoms with Gasteiger partial charge in [0.25, 0.3) is 0 Å². The van der Waals surface area contributed by atoms with Gasteiger partial charge in [-0.3, -0.25) is 14.9 Å². The normalized spacial score (nSPS) is 10.4. The van der Waals surface area contributed by atoms with Gasteiger partial charge in [-0.15, -0.1) is 0 Å². The number of nitro groups is 1. The van der Waals surface area contributed by atoms with Crippen molar-refractivity contribution in [2.45, 2.75) is 6.54 Å². The molecule has 0 radical (unpaired) electrons. The van der Waals surface area contributed by atoms with E-state index in [1.807, 2.05) is 0 Å². The van der Waals surface area contributed by atoms with Crippen molar-refractivity contribution in [2.75, 3.05) is 19.8 Å². The standard InChI is InChI=1S/C9H13N3O4S/c10-8(13)6-16-4-3-11-5-7-1-2-9(17-7)12(14)15/h1-2,11H,3-6H2,(H2,10,13). The van der Waals surface area contributed by atoms with E-state index >= 15 is 0 Å². The number of hydrogen-bond acceptors (Lipinski definition) is 6. The molecule has 0 unspecified atom stereocenters. The summed E-state index contributed by atoms with van der Waals surface area (Å²) in [5, 5.41) is 13.6. The highest BCUT2D eigenvalue weighted by molar-refractivity contribution is 7.15. The van der Waals surface area contributed by atoms with Gasteiger partial charge in [0, 0.05) is 24.0 Å². The summed E-state index contributed by atoms with van der Waals surface area (Å²) in [6.07, 6.45) is 0. The van der Waals surface area contributed by atoms with Gasteiger partial charge < -0.3 is 15.8 Å². The largest absolute Gasteiger partial charge is 0.370 e. The molecule has 0 bridgehead atoms. The minimum atomic E-state index is -0.501. The van der Waals surface area contributed by atoms with Crippen LogP contribution in [0.2, 0.25) is 0 Å². The van der Waals surface area contributed by atoms with Crippen LogP contribution in [0.5, 0.6) is 0 Å². The molecule has 94 valence electrons. The first kappa shape index (κ1) is 13.6. The predicted molar refractivity (Wildman–Crippen MR) is 62.7 cm³/mol. The Hall–Kier alpha value is -1.51. The van der Waals surface area contributed by atoms with E-state index in [0.717, 1.165) is 16.2 Å². The first-order valence-electron chi connectivity index (χ1n) is 4.89. The van der Waals surface area contributed by atoms with Gasteiger partial charge in [-0.2, -0.15) is 0 Å². The maximum absolute atomic E-state index is 10.4. The van der Waals surface area contributed by atoms with Gasteiger partial charge >= 0.3 is 5.00 Å². The van der Waals surface area contributed by atoms with E-state index in [1.54, 1.807) is 6.07 Å². The van der Waals surface area contributed by atoms with Crippen LogP contribution in [-0.2, 0) is 16.1 Å². The highest BCUT2D eigenvalue weighted by Crippen LogP contribution is 2.23.